The summed E-state index contributed by atoms with van der Waals surface area (Å²) in [7, 11) is 0. The van der Waals surface area contributed by atoms with E-state index in [1.807, 2.05) is 0 Å². The average Bonchev–Trinajstić information content (AvgIpc) is 3.08. The van der Waals surface area contributed by atoms with Crippen LogP contribution in [0.2, 0.25) is 0 Å². The van der Waals surface area contributed by atoms with Gasteiger partial charge in [-0.1, -0.05) is 19.1 Å². The first-order valence-electron chi connectivity index (χ1n) is 8.46. The molecule has 0 spiro atoms. The van der Waals surface area contributed by atoms with E-state index in [1.54, 1.807) is 0 Å². The van der Waals surface area contributed by atoms with Crippen molar-refractivity contribution in [1.82, 2.24) is 9.80 Å². The summed E-state index contributed by atoms with van der Waals surface area (Å²) in [5, 5.41) is 0. The minimum Gasteiger partial charge on any atom is -0.493 e. The number of fused-ring (bicyclic) bond motifs is 1. The Labute approximate surface area is 132 Å². The Morgan fingerprint density at radius 3 is 2.77 bits per heavy atom. The van der Waals surface area contributed by atoms with Crippen LogP contribution in [0.15, 0.2) is 18.2 Å². The van der Waals surface area contributed by atoms with E-state index >= 15 is 0 Å². The quantitative estimate of drug-likeness (QED) is 0.855. The lowest BCUT2D eigenvalue weighted by Crippen LogP contribution is -2.48. The molecule has 4 heteroatoms. The van der Waals surface area contributed by atoms with Crippen molar-refractivity contribution in [3.05, 3.63) is 29.3 Å². The van der Waals surface area contributed by atoms with Gasteiger partial charge in [0.2, 0.25) is 5.91 Å². The molecule has 0 bridgehead atoms. The summed E-state index contributed by atoms with van der Waals surface area (Å²) in [5.41, 5.74) is 2.70. The van der Waals surface area contributed by atoms with Crippen molar-refractivity contribution >= 4 is 5.91 Å². The van der Waals surface area contributed by atoms with Crippen molar-refractivity contribution < 1.29 is 9.53 Å². The van der Waals surface area contributed by atoms with Crippen molar-refractivity contribution in [1.29, 1.82) is 0 Å². The molecule has 0 radical (unpaired) electrons. The molecule has 1 saturated carbocycles. The molecular weight excluding hydrogens is 276 g/mol. The molecule has 1 amide bonds. The summed E-state index contributed by atoms with van der Waals surface area (Å²) < 4.78 is 5.56. The summed E-state index contributed by atoms with van der Waals surface area (Å²) in [6.45, 7) is 7.72. The summed E-state index contributed by atoms with van der Waals surface area (Å²) in [5.74, 6) is 2.38. The second-order valence-electron chi connectivity index (χ2n) is 6.96. The predicted molar refractivity (Wildman–Crippen MR) is 84.8 cm³/mol. The largest absolute Gasteiger partial charge is 0.493 e. The van der Waals surface area contributed by atoms with Crippen LogP contribution in [-0.2, 0) is 17.8 Å². The van der Waals surface area contributed by atoms with Crippen molar-refractivity contribution in [3.8, 4) is 5.75 Å². The zero-order chi connectivity index (χ0) is 15.1. The maximum atomic E-state index is 12.3. The zero-order valence-electron chi connectivity index (χ0n) is 13.3. The van der Waals surface area contributed by atoms with Gasteiger partial charge in [0, 0.05) is 45.1 Å². The van der Waals surface area contributed by atoms with E-state index in [0.717, 1.165) is 57.9 Å². The molecule has 2 aliphatic heterocycles. The highest BCUT2D eigenvalue weighted by molar-refractivity contribution is 5.81. The fraction of sp³-hybridized carbons (Fsp3) is 0.611. The number of nitrogens with zero attached hydrogens (tertiary/aromatic N) is 2. The van der Waals surface area contributed by atoms with E-state index in [0.29, 0.717) is 17.7 Å². The molecule has 0 unspecified atom stereocenters. The fourth-order valence-corrected chi connectivity index (χ4v) is 3.62. The summed E-state index contributed by atoms with van der Waals surface area (Å²) >= 11 is 0. The molecule has 0 aromatic heterocycles. The molecule has 0 N–H and O–H groups in total. The number of hydrogen-bond donors (Lipinski definition) is 0. The van der Waals surface area contributed by atoms with Gasteiger partial charge in [-0.25, -0.2) is 0 Å². The van der Waals surface area contributed by atoms with Crippen LogP contribution in [0.25, 0.3) is 0 Å². The summed E-state index contributed by atoms with van der Waals surface area (Å²) in [6.07, 6.45) is 2.13. The topological polar surface area (TPSA) is 32.8 Å². The van der Waals surface area contributed by atoms with Gasteiger partial charge in [-0.15, -0.1) is 0 Å². The highest BCUT2D eigenvalue weighted by Crippen LogP contribution is 2.39. The lowest BCUT2D eigenvalue weighted by atomic mass is 10.1. The molecule has 4 rings (SSSR count). The third kappa shape index (κ3) is 2.72. The molecule has 2 heterocycles. The fourth-order valence-electron chi connectivity index (χ4n) is 3.62. The van der Waals surface area contributed by atoms with Gasteiger partial charge < -0.3 is 9.64 Å². The molecule has 2 fully saturated rings. The standard InChI is InChI=1S/C18H24N2O2/c1-13-10-16(13)18(21)20-7-5-19(6-8-20)12-14-2-3-17-15(11-14)4-9-22-17/h2-3,11,13,16H,4-10,12H2,1H3/t13-,16+/m1/s1. The van der Waals surface area contributed by atoms with Crippen LogP contribution in [0.3, 0.4) is 0 Å². The number of ether oxygens (including phenoxy) is 1. The maximum absolute atomic E-state index is 12.3. The van der Waals surface area contributed by atoms with Crippen LogP contribution < -0.4 is 4.74 Å². The number of amides is 1. The predicted octanol–water partition coefficient (Wildman–Crippen LogP) is 1.92. The lowest BCUT2D eigenvalue weighted by molar-refractivity contribution is -0.134. The van der Waals surface area contributed by atoms with Gasteiger partial charge in [0.1, 0.15) is 5.75 Å². The maximum Gasteiger partial charge on any atom is 0.226 e. The van der Waals surface area contributed by atoms with Gasteiger partial charge in [0.15, 0.2) is 0 Å². The highest BCUT2D eigenvalue weighted by atomic mass is 16.5. The number of benzene rings is 1. The first-order chi connectivity index (χ1) is 10.7. The monoisotopic (exact) mass is 300 g/mol. The third-order valence-electron chi connectivity index (χ3n) is 5.27. The Bertz CT molecular complexity index is 578. The van der Waals surface area contributed by atoms with E-state index < -0.39 is 0 Å². The van der Waals surface area contributed by atoms with Crippen LogP contribution in [0.5, 0.6) is 5.75 Å². The second kappa shape index (κ2) is 5.58. The number of rotatable bonds is 3. The minimum atomic E-state index is 0.322. The van der Waals surface area contributed by atoms with Crippen LogP contribution in [0.4, 0.5) is 0 Å². The van der Waals surface area contributed by atoms with Crippen LogP contribution in [-0.4, -0.2) is 48.5 Å². The molecule has 2 atom stereocenters. The molecule has 1 saturated heterocycles. The number of carbonyl (C=O) groups is 1. The number of hydrogen-bond acceptors (Lipinski definition) is 3. The van der Waals surface area contributed by atoms with Crippen molar-refractivity contribution in [2.45, 2.75) is 26.3 Å². The molecule has 1 aromatic carbocycles. The molecule has 22 heavy (non-hydrogen) atoms. The zero-order valence-corrected chi connectivity index (χ0v) is 13.3. The van der Waals surface area contributed by atoms with Gasteiger partial charge in [-0.05, 0) is 29.5 Å². The Kier molecular flexibility index (Phi) is 3.57. The molecule has 4 nitrogen and oxygen atoms in total. The van der Waals surface area contributed by atoms with E-state index in [4.69, 9.17) is 4.74 Å². The minimum absolute atomic E-state index is 0.322. The van der Waals surface area contributed by atoms with E-state index in [-0.39, 0.29) is 0 Å². The van der Waals surface area contributed by atoms with Gasteiger partial charge in [0.05, 0.1) is 6.61 Å². The van der Waals surface area contributed by atoms with E-state index in [9.17, 15) is 4.79 Å². The highest BCUT2D eigenvalue weighted by Gasteiger charge is 2.41. The Balaban J connectivity index is 1.31. The normalized spacial score (nSPS) is 27.4. The average molecular weight is 300 g/mol. The Hall–Kier alpha value is -1.55. The molecular formula is C18H24N2O2. The van der Waals surface area contributed by atoms with Crippen molar-refractivity contribution in [2.24, 2.45) is 11.8 Å². The van der Waals surface area contributed by atoms with E-state index in [2.05, 4.69) is 34.9 Å². The number of piperazine rings is 1. The molecule has 3 aliphatic rings. The second-order valence-corrected chi connectivity index (χ2v) is 6.96. The third-order valence-corrected chi connectivity index (χ3v) is 5.27. The lowest BCUT2D eigenvalue weighted by Gasteiger charge is -2.35. The SMILES string of the molecule is C[C@@H]1C[C@@H]1C(=O)N1CCN(Cc2ccc3c(c2)CCO3)CC1. The first kappa shape index (κ1) is 14.1. The summed E-state index contributed by atoms with van der Waals surface area (Å²) in [4.78, 5) is 16.8. The van der Waals surface area contributed by atoms with Crippen LogP contribution in [0, 0.1) is 11.8 Å². The van der Waals surface area contributed by atoms with Crippen molar-refractivity contribution in [3.63, 3.8) is 0 Å². The first-order valence-corrected chi connectivity index (χ1v) is 8.46. The smallest absolute Gasteiger partial charge is 0.226 e. The Morgan fingerprint density at radius 2 is 2.05 bits per heavy atom. The van der Waals surface area contributed by atoms with Crippen LogP contribution >= 0.6 is 0 Å². The molecule has 118 valence electrons. The van der Waals surface area contributed by atoms with Crippen molar-refractivity contribution in [2.75, 3.05) is 32.8 Å². The van der Waals surface area contributed by atoms with Gasteiger partial charge in [0.25, 0.3) is 0 Å². The van der Waals surface area contributed by atoms with Crippen LogP contribution in [0.1, 0.15) is 24.5 Å². The van der Waals surface area contributed by atoms with Gasteiger partial charge in [-0.3, -0.25) is 9.69 Å². The molecule has 1 aromatic rings. The van der Waals surface area contributed by atoms with E-state index in [1.165, 1.54) is 11.1 Å². The number of carbonyl (C=O) groups excluding carboxylic acids is 1. The molecule has 1 aliphatic carbocycles. The van der Waals surface area contributed by atoms with Gasteiger partial charge in [-0.2, -0.15) is 0 Å². The summed E-state index contributed by atoms with van der Waals surface area (Å²) in [6, 6.07) is 6.56. The Morgan fingerprint density at radius 1 is 1.27 bits per heavy atom. The van der Waals surface area contributed by atoms with Gasteiger partial charge >= 0.3 is 0 Å².